The summed E-state index contributed by atoms with van der Waals surface area (Å²) in [7, 11) is 0. The van der Waals surface area contributed by atoms with Crippen LogP contribution in [0.5, 0.6) is 0 Å². The van der Waals surface area contributed by atoms with Crippen molar-refractivity contribution < 1.29 is 9.90 Å². The van der Waals surface area contributed by atoms with Crippen molar-refractivity contribution in [1.29, 1.82) is 0 Å². The molecule has 1 N–H and O–H groups in total. The zero-order valence-corrected chi connectivity index (χ0v) is 10.7. The number of carbonyl (C=O) groups is 1. The van der Waals surface area contributed by atoms with Gasteiger partial charge >= 0.3 is 5.97 Å². The molecule has 0 aliphatic heterocycles. The van der Waals surface area contributed by atoms with Crippen LogP contribution in [0.2, 0.25) is 0 Å². The van der Waals surface area contributed by atoms with Gasteiger partial charge in [0, 0.05) is 23.6 Å². The molecule has 0 aliphatic carbocycles. The van der Waals surface area contributed by atoms with Crippen LogP contribution in [0.1, 0.15) is 19.3 Å². The highest BCUT2D eigenvalue weighted by Crippen LogP contribution is 2.16. The maximum atomic E-state index is 10.4. The molecule has 0 spiro atoms. The lowest BCUT2D eigenvalue weighted by molar-refractivity contribution is -0.137. The Hall–Kier alpha value is -1.43. The van der Waals surface area contributed by atoms with Crippen molar-refractivity contribution in [3.05, 3.63) is 23.1 Å². The normalized spacial score (nSPS) is 10.9. The molecule has 2 aromatic heterocycles. The minimum atomic E-state index is -0.748. The number of aryl methyl sites for hydroxylation is 1. The molecule has 0 saturated carbocycles. The zero-order chi connectivity index (χ0) is 12.3. The molecular formula is C11H12BrN3O2. The van der Waals surface area contributed by atoms with Gasteiger partial charge in [0.25, 0.3) is 0 Å². The molecule has 0 aromatic carbocycles. The maximum absolute atomic E-state index is 10.4. The molecule has 0 saturated heterocycles. The molecule has 2 rings (SSSR count). The fraction of sp³-hybridized carbons (Fsp3) is 0.364. The first kappa shape index (κ1) is 12.0. The van der Waals surface area contributed by atoms with Gasteiger partial charge in [0.15, 0.2) is 5.65 Å². The second kappa shape index (κ2) is 5.27. The first-order valence-electron chi connectivity index (χ1n) is 5.35. The van der Waals surface area contributed by atoms with E-state index in [4.69, 9.17) is 5.11 Å². The van der Waals surface area contributed by atoms with Crippen LogP contribution >= 0.6 is 15.9 Å². The highest BCUT2D eigenvalue weighted by molar-refractivity contribution is 9.10. The third-order valence-electron chi connectivity index (χ3n) is 2.46. The largest absolute Gasteiger partial charge is 0.481 e. The van der Waals surface area contributed by atoms with E-state index in [2.05, 4.69) is 25.9 Å². The Bertz CT molecular complexity index is 538. The molecule has 90 valence electrons. The van der Waals surface area contributed by atoms with Crippen molar-refractivity contribution in [2.45, 2.75) is 25.8 Å². The van der Waals surface area contributed by atoms with Crippen LogP contribution in [-0.2, 0) is 11.3 Å². The Morgan fingerprint density at radius 2 is 2.24 bits per heavy atom. The standard InChI is InChI=1S/C11H12BrN3O2/c12-8-5-9-11(13-6-8)15(7-14-9)4-2-1-3-10(16)17/h5-7H,1-4H2,(H,16,17). The second-order valence-corrected chi connectivity index (χ2v) is 4.70. The van der Waals surface area contributed by atoms with Gasteiger partial charge in [-0.2, -0.15) is 0 Å². The minimum absolute atomic E-state index is 0.214. The van der Waals surface area contributed by atoms with Crippen LogP contribution in [0.3, 0.4) is 0 Å². The smallest absolute Gasteiger partial charge is 0.303 e. The SMILES string of the molecule is O=C(O)CCCCn1cnc2cc(Br)cnc21. The Kier molecular flexibility index (Phi) is 3.73. The molecule has 2 aromatic rings. The number of halogens is 1. The fourth-order valence-corrected chi connectivity index (χ4v) is 1.97. The predicted octanol–water partition coefficient (Wildman–Crippen LogP) is 2.45. The van der Waals surface area contributed by atoms with Crippen molar-refractivity contribution in [2.24, 2.45) is 0 Å². The molecule has 0 aliphatic rings. The van der Waals surface area contributed by atoms with Gasteiger partial charge < -0.3 is 9.67 Å². The molecule has 5 nitrogen and oxygen atoms in total. The quantitative estimate of drug-likeness (QED) is 0.861. The van der Waals surface area contributed by atoms with Crippen LogP contribution in [0.15, 0.2) is 23.1 Å². The molecule has 0 amide bonds. The molecule has 0 unspecified atom stereocenters. The highest BCUT2D eigenvalue weighted by atomic mass is 79.9. The number of hydrogen-bond donors (Lipinski definition) is 1. The second-order valence-electron chi connectivity index (χ2n) is 3.79. The van der Waals surface area contributed by atoms with E-state index in [1.807, 2.05) is 10.6 Å². The van der Waals surface area contributed by atoms with E-state index in [1.54, 1.807) is 12.5 Å². The van der Waals surface area contributed by atoms with Gasteiger partial charge in [-0.3, -0.25) is 4.79 Å². The van der Waals surface area contributed by atoms with Crippen molar-refractivity contribution >= 4 is 33.1 Å². The number of aliphatic carboxylic acids is 1. The van der Waals surface area contributed by atoms with Crippen LogP contribution in [0, 0.1) is 0 Å². The van der Waals surface area contributed by atoms with Gasteiger partial charge in [-0.15, -0.1) is 0 Å². The van der Waals surface area contributed by atoms with Crippen molar-refractivity contribution in [2.75, 3.05) is 0 Å². The van der Waals surface area contributed by atoms with Crippen LogP contribution in [-0.4, -0.2) is 25.6 Å². The highest BCUT2D eigenvalue weighted by Gasteiger charge is 2.04. The maximum Gasteiger partial charge on any atom is 0.303 e. The number of imidazole rings is 1. The summed E-state index contributed by atoms with van der Waals surface area (Å²) >= 11 is 3.34. The Morgan fingerprint density at radius 1 is 1.41 bits per heavy atom. The molecule has 17 heavy (non-hydrogen) atoms. The molecule has 2 heterocycles. The van der Waals surface area contributed by atoms with E-state index in [-0.39, 0.29) is 6.42 Å². The summed E-state index contributed by atoms with van der Waals surface area (Å²) in [4.78, 5) is 18.9. The third kappa shape index (κ3) is 3.03. The van der Waals surface area contributed by atoms with Crippen molar-refractivity contribution in [3.8, 4) is 0 Å². The summed E-state index contributed by atoms with van der Waals surface area (Å²) in [6, 6.07) is 1.91. The molecule has 0 atom stereocenters. The van der Waals surface area contributed by atoms with Crippen LogP contribution < -0.4 is 0 Å². The van der Waals surface area contributed by atoms with Gasteiger partial charge in [-0.25, -0.2) is 9.97 Å². The number of unbranched alkanes of at least 4 members (excludes halogenated alkanes) is 1. The monoisotopic (exact) mass is 297 g/mol. The van der Waals surface area contributed by atoms with Gasteiger partial charge in [0.2, 0.25) is 0 Å². The topological polar surface area (TPSA) is 68.0 Å². The van der Waals surface area contributed by atoms with Crippen LogP contribution in [0.25, 0.3) is 11.2 Å². The average Bonchev–Trinajstić information content (AvgIpc) is 2.66. The molecule has 0 fully saturated rings. The summed E-state index contributed by atoms with van der Waals surface area (Å²) in [5, 5.41) is 8.54. The van der Waals surface area contributed by atoms with Crippen molar-refractivity contribution in [3.63, 3.8) is 0 Å². The number of nitrogens with zero attached hydrogens (tertiary/aromatic N) is 3. The van der Waals surface area contributed by atoms with Crippen LogP contribution in [0.4, 0.5) is 0 Å². The predicted molar refractivity (Wildman–Crippen MR) is 66.7 cm³/mol. The van der Waals surface area contributed by atoms with Crippen molar-refractivity contribution in [1.82, 2.24) is 14.5 Å². The number of pyridine rings is 1. The third-order valence-corrected chi connectivity index (χ3v) is 2.90. The zero-order valence-electron chi connectivity index (χ0n) is 9.14. The molecule has 6 heteroatoms. The number of carboxylic acid groups (broad SMARTS) is 1. The first-order valence-corrected chi connectivity index (χ1v) is 6.14. The van der Waals surface area contributed by atoms with Gasteiger partial charge in [-0.05, 0) is 34.8 Å². The Morgan fingerprint density at radius 3 is 3.00 bits per heavy atom. The van der Waals surface area contributed by atoms with E-state index in [0.717, 1.165) is 28.6 Å². The van der Waals surface area contributed by atoms with E-state index in [0.29, 0.717) is 6.42 Å². The number of aromatic nitrogens is 3. The summed E-state index contributed by atoms with van der Waals surface area (Å²) in [5.74, 6) is -0.748. The average molecular weight is 298 g/mol. The summed E-state index contributed by atoms with van der Waals surface area (Å²) < 4.78 is 2.85. The van der Waals surface area contributed by atoms with E-state index in [1.165, 1.54) is 0 Å². The Labute approximate surface area is 107 Å². The van der Waals surface area contributed by atoms with Gasteiger partial charge in [0.05, 0.1) is 6.33 Å². The lowest BCUT2D eigenvalue weighted by atomic mass is 10.2. The number of fused-ring (bicyclic) bond motifs is 1. The number of rotatable bonds is 5. The number of hydrogen-bond acceptors (Lipinski definition) is 3. The van der Waals surface area contributed by atoms with Gasteiger partial charge in [-0.1, -0.05) is 0 Å². The van der Waals surface area contributed by atoms with Gasteiger partial charge in [0.1, 0.15) is 5.52 Å². The fourth-order valence-electron chi connectivity index (χ4n) is 1.65. The summed E-state index contributed by atoms with van der Waals surface area (Å²) in [6.07, 6.45) is 5.18. The van der Waals surface area contributed by atoms with E-state index in [9.17, 15) is 4.79 Å². The molecule has 0 bridgehead atoms. The lowest BCUT2D eigenvalue weighted by Crippen LogP contribution is -2.00. The number of carboxylic acids is 1. The molecule has 0 radical (unpaired) electrons. The van der Waals surface area contributed by atoms with E-state index >= 15 is 0 Å². The van der Waals surface area contributed by atoms with E-state index < -0.39 is 5.97 Å². The molecular weight excluding hydrogens is 286 g/mol. The minimum Gasteiger partial charge on any atom is -0.481 e. The summed E-state index contributed by atoms with van der Waals surface area (Å²) in [6.45, 7) is 0.748. The Balaban J connectivity index is 2.01. The lowest BCUT2D eigenvalue weighted by Gasteiger charge is -2.02. The summed E-state index contributed by atoms with van der Waals surface area (Å²) in [5.41, 5.74) is 1.68. The first-order chi connectivity index (χ1) is 8.16.